The van der Waals surface area contributed by atoms with Crippen LogP contribution in [-0.2, 0) is 11.2 Å². The van der Waals surface area contributed by atoms with Crippen molar-refractivity contribution in [3.63, 3.8) is 0 Å². The van der Waals surface area contributed by atoms with Gasteiger partial charge in [0.05, 0.1) is 18.2 Å². The summed E-state index contributed by atoms with van der Waals surface area (Å²) in [5.41, 5.74) is 2.71. The summed E-state index contributed by atoms with van der Waals surface area (Å²) in [4.78, 5) is 19.0. The molecule has 3 aromatic rings. The first kappa shape index (κ1) is 18.9. The summed E-state index contributed by atoms with van der Waals surface area (Å²) in [5, 5.41) is 4.00. The van der Waals surface area contributed by atoms with E-state index in [1.165, 1.54) is 0 Å². The van der Waals surface area contributed by atoms with Gasteiger partial charge in [-0.05, 0) is 24.6 Å². The zero-order chi connectivity index (χ0) is 18.7. The fourth-order valence-corrected chi connectivity index (χ4v) is 4.04. The van der Waals surface area contributed by atoms with Gasteiger partial charge in [0.2, 0.25) is 5.91 Å². The lowest BCUT2D eigenvalue weighted by atomic mass is 10.1. The van der Waals surface area contributed by atoms with Crippen LogP contribution in [0.1, 0.15) is 24.2 Å². The van der Waals surface area contributed by atoms with Gasteiger partial charge in [-0.3, -0.25) is 4.79 Å². The quantitative estimate of drug-likeness (QED) is 0.531. The number of aromatic nitrogens is 1. The first-order valence-corrected chi connectivity index (χ1v) is 9.79. The molecule has 0 aliphatic heterocycles. The summed E-state index contributed by atoms with van der Waals surface area (Å²) in [7, 11) is 1.78. The van der Waals surface area contributed by atoms with E-state index < -0.39 is 0 Å². The molecule has 6 heteroatoms. The van der Waals surface area contributed by atoms with Gasteiger partial charge in [0.25, 0.3) is 0 Å². The lowest BCUT2D eigenvalue weighted by Gasteiger charge is -2.26. The maximum Gasteiger partial charge on any atom is 0.228 e. The summed E-state index contributed by atoms with van der Waals surface area (Å²) in [5.74, 6) is -0.00608. The van der Waals surface area contributed by atoms with Crippen LogP contribution in [0.15, 0.2) is 53.9 Å². The molecule has 0 fully saturated rings. The number of carbonyl (C=O) groups is 1. The maximum atomic E-state index is 12.7. The van der Waals surface area contributed by atoms with Crippen molar-refractivity contribution < 1.29 is 4.79 Å². The van der Waals surface area contributed by atoms with Crippen molar-refractivity contribution in [3.05, 3.63) is 75.2 Å². The van der Waals surface area contributed by atoms with Crippen LogP contribution >= 0.6 is 34.5 Å². The van der Waals surface area contributed by atoms with E-state index in [2.05, 4.69) is 4.98 Å². The van der Waals surface area contributed by atoms with Crippen LogP contribution in [0.25, 0.3) is 10.6 Å². The van der Waals surface area contributed by atoms with E-state index in [4.69, 9.17) is 23.2 Å². The van der Waals surface area contributed by atoms with Gasteiger partial charge < -0.3 is 4.90 Å². The molecular weight excluding hydrogens is 387 g/mol. The Morgan fingerprint density at radius 2 is 1.92 bits per heavy atom. The van der Waals surface area contributed by atoms with Crippen molar-refractivity contribution in [1.29, 1.82) is 0 Å². The van der Waals surface area contributed by atoms with Gasteiger partial charge in [-0.25, -0.2) is 4.98 Å². The molecule has 0 spiro atoms. The van der Waals surface area contributed by atoms with E-state index in [-0.39, 0.29) is 18.4 Å². The summed E-state index contributed by atoms with van der Waals surface area (Å²) in [6, 6.07) is 15.1. The molecule has 0 N–H and O–H groups in total. The predicted molar refractivity (Wildman–Crippen MR) is 109 cm³/mol. The van der Waals surface area contributed by atoms with Crippen molar-refractivity contribution in [2.75, 3.05) is 7.05 Å². The van der Waals surface area contributed by atoms with Crippen LogP contribution in [0.2, 0.25) is 10.0 Å². The number of benzene rings is 2. The van der Waals surface area contributed by atoms with E-state index in [9.17, 15) is 4.79 Å². The lowest BCUT2D eigenvalue weighted by Crippen LogP contribution is -2.31. The highest BCUT2D eigenvalue weighted by Crippen LogP contribution is 2.30. The summed E-state index contributed by atoms with van der Waals surface area (Å²) < 4.78 is 0. The van der Waals surface area contributed by atoms with Gasteiger partial charge in [-0.1, -0.05) is 59.6 Å². The molecule has 3 rings (SSSR count). The van der Waals surface area contributed by atoms with Crippen molar-refractivity contribution >= 4 is 40.4 Å². The van der Waals surface area contributed by atoms with Crippen LogP contribution in [0, 0.1) is 0 Å². The molecule has 3 nitrogen and oxygen atoms in total. The van der Waals surface area contributed by atoms with Gasteiger partial charge in [0.15, 0.2) is 0 Å². The molecule has 1 atom stereocenters. The monoisotopic (exact) mass is 404 g/mol. The second-order valence-corrected chi connectivity index (χ2v) is 7.73. The summed E-state index contributed by atoms with van der Waals surface area (Å²) in [6.45, 7) is 1.95. The molecule has 0 saturated carbocycles. The molecule has 1 aromatic heterocycles. The first-order chi connectivity index (χ1) is 12.5. The standard InChI is InChI=1S/C20H18Cl2N2OS/c1-13(17-9-8-15(21)10-18(17)22)24(2)19(25)11-16-12-26-20(23-16)14-6-4-3-5-7-14/h3-10,12-13H,11H2,1-2H3. The zero-order valence-corrected chi connectivity index (χ0v) is 16.8. The van der Waals surface area contributed by atoms with Crippen molar-refractivity contribution in [3.8, 4) is 10.6 Å². The van der Waals surface area contributed by atoms with Crippen molar-refractivity contribution in [2.24, 2.45) is 0 Å². The molecule has 0 aliphatic carbocycles. The maximum absolute atomic E-state index is 12.7. The van der Waals surface area contributed by atoms with Gasteiger partial charge in [-0.15, -0.1) is 11.3 Å². The average molecular weight is 405 g/mol. The molecule has 134 valence electrons. The highest BCUT2D eigenvalue weighted by molar-refractivity contribution is 7.13. The summed E-state index contributed by atoms with van der Waals surface area (Å²) >= 11 is 13.8. The molecule has 0 bridgehead atoms. The minimum absolute atomic E-state index is 0.00608. The number of thiazole rings is 1. The number of hydrogen-bond acceptors (Lipinski definition) is 3. The fourth-order valence-electron chi connectivity index (χ4n) is 2.65. The Morgan fingerprint density at radius 1 is 1.19 bits per heavy atom. The Bertz CT molecular complexity index is 911. The van der Waals surface area contributed by atoms with Crippen LogP contribution in [0.3, 0.4) is 0 Å². The number of nitrogens with zero attached hydrogens (tertiary/aromatic N) is 2. The Hall–Kier alpha value is -1.88. The largest absolute Gasteiger partial charge is 0.339 e. The zero-order valence-electron chi connectivity index (χ0n) is 14.4. The Kier molecular flexibility index (Phi) is 5.97. The second-order valence-electron chi connectivity index (χ2n) is 6.03. The van der Waals surface area contributed by atoms with Crippen LogP contribution in [0.5, 0.6) is 0 Å². The fraction of sp³-hybridized carbons (Fsp3) is 0.200. The molecule has 1 heterocycles. The molecule has 0 aliphatic rings. The molecular formula is C20H18Cl2N2OS. The first-order valence-electron chi connectivity index (χ1n) is 8.16. The SMILES string of the molecule is CC(c1ccc(Cl)cc1Cl)N(C)C(=O)Cc1csc(-c2ccccc2)n1. The van der Waals surface area contributed by atoms with Gasteiger partial charge >= 0.3 is 0 Å². The minimum atomic E-state index is -0.153. The number of likely N-dealkylation sites (N-methyl/N-ethyl adjacent to an activating group) is 1. The van der Waals surface area contributed by atoms with Crippen molar-refractivity contribution in [1.82, 2.24) is 9.88 Å². The number of rotatable bonds is 5. The van der Waals surface area contributed by atoms with E-state index >= 15 is 0 Å². The molecule has 0 saturated heterocycles. The average Bonchev–Trinajstić information content (AvgIpc) is 3.10. The third-order valence-electron chi connectivity index (χ3n) is 4.29. The number of carbonyl (C=O) groups excluding carboxylic acids is 1. The van der Waals surface area contributed by atoms with Gasteiger partial charge in [-0.2, -0.15) is 0 Å². The third kappa shape index (κ3) is 4.26. The van der Waals surface area contributed by atoms with E-state index in [0.717, 1.165) is 21.8 Å². The number of halogens is 2. The number of amides is 1. The van der Waals surface area contributed by atoms with Crippen molar-refractivity contribution in [2.45, 2.75) is 19.4 Å². The Labute approximate surface area is 167 Å². The minimum Gasteiger partial charge on any atom is -0.339 e. The van der Waals surface area contributed by atoms with Crippen LogP contribution in [0.4, 0.5) is 0 Å². The Balaban J connectivity index is 1.70. The third-order valence-corrected chi connectivity index (χ3v) is 5.79. The molecule has 0 radical (unpaired) electrons. The van der Waals surface area contributed by atoms with Crippen LogP contribution < -0.4 is 0 Å². The normalized spacial score (nSPS) is 12.0. The summed E-state index contributed by atoms with van der Waals surface area (Å²) in [6.07, 6.45) is 0.259. The molecule has 1 unspecified atom stereocenters. The second kappa shape index (κ2) is 8.21. The lowest BCUT2D eigenvalue weighted by molar-refractivity contribution is -0.131. The predicted octanol–water partition coefficient (Wildman–Crippen LogP) is 5.88. The van der Waals surface area contributed by atoms with E-state index in [0.29, 0.717) is 10.0 Å². The smallest absolute Gasteiger partial charge is 0.228 e. The molecule has 26 heavy (non-hydrogen) atoms. The van der Waals surface area contributed by atoms with Gasteiger partial charge in [0.1, 0.15) is 5.01 Å². The highest BCUT2D eigenvalue weighted by atomic mass is 35.5. The number of hydrogen-bond donors (Lipinski definition) is 0. The van der Waals surface area contributed by atoms with E-state index in [1.807, 2.05) is 48.7 Å². The molecule has 1 amide bonds. The molecule has 2 aromatic carbocycles. The van der Waals surface area contributed by atoms with Crippen LogP contribution in [-0.4, -0.2) is 22.8 Å². The topological polar surface area (TPSA) is 33.2 Å². The highest BCUT2D eigenvalue weighted by Gasteiger charge is 2.20. The van der Waals surface area contributed by atoms with E-state index in [1.54, 1.807) is 35.4 Å². The Morgan fingerprint density at radius 3 is 2.62 bits per heavy atom. The van der Waals surface area contributed by atoms with Gasteiger partial charge in [0, 0.05) is 28.0 Å².